The second-order valence-corrected chi connectivity index (χ2v) is 3.96. The van der Waals surface area contributed by atoms with Gasteiger partial charge in [-0.05, 0) is 13.8 Å². The number of carbonyl (C=O) groups is 3. The van der Waals surface area contributed by atoms with E-state index < -0.39 is 24.1 Å². The Morgan fingerprint density at radius 2 is 2.12 bits per heavy atom. The van der Waals surface area contributed by atoms with Gasteiger partial charge >= 0.3 is 12.0 Å². The molecule has 2 N–H and O–H groups in total. The van der Waals surface area contributed by atoms with Gasteiger partial charge in [0.2, 0.25) is 0 Å². The molecule has 1 aliphatic rings. The number of carboxylic acid groups (broad SMARTS) is 1. The second-order valence-electron chi connectivity index (χ2n) is 3.96. The van der Waals surface area contributed by atoms with Crippen molar-refractivity contribution >= 4 is 17.9 Å². The number of hydrogen-bond donors (Lipinski definition) is 2. The molecule has 90 valence electrons. The van der Waals surface area contributed by atoms with E-state index in [0.29, 0.717) is 0 Å². The van der Waals surface area contributed by atoms with Gasteiger partial charge in [-0.3, -0.25) is 9.69 Å². The lowest BCUT2D eigenvalue weighted by Crippen LogP contribution is -2.40. The van der Waals surface area contributed by atoms with E-state index in [4.69, 9.17) is 9.84 Å². The minimum atomic E-state index is -1.09. The topological polar surface area (TPSA) is 95.9 Å². The minimum Gasteiger partial charge on any atom is -0.480 e. The molecule has 0 bridgehead atoms. The monoisotopic (exact) mass is 230 g/mol. The van der Waals surface area contributed by atoms with Crippen LogP contribution >= 0.6 is 0 Å². The predicted octanol–water partition coefficient (Wildman–Crippen LogP) is -0.582. The van der Waals surface area contributed by atoms with E-state index in [1.165, 1.54) is 0 Å². The third kappa shape index (κ3) is 2.69. The van der Waals surface area contributed by atoms with Crippen molar-refractivity contribution in [3.05, 3.63) is 0 Å². The van der Waals surface area contributed by atoms with Gasteiger partial charge in [0.1, 0.15) is 12.1 Å². The normalized spacial score (nSPS) is 18.8. The molecule has 16 heavy (non-hydrogen) atoms. The van der Waals surface area contributed by atoms with Gasteiger partial charge < -0.3 is 15.2 Å². The van der Waals surface area contributed by atoms with Gasteiger partial charge in [-0.1, -0.05) is 0 Å². The first-order valence-electron chi connectivity index (χ1n) is 4.78. The minimum absolute atomic E-state index is 0.0154. The average Bonchev–Trinajstić information content (AvgIpc) is 2.33. The predicted molar refractivity (Wildman–Crippen MR) is 52.8 cm³/mol. The Morgan fingerprint density at radius 1 is 1.50 bits per heavy atom. The lowest BCUT2D eigenvalue weighted by molar-refractivity contribution is -0.142. The van der Waals surface area contributed by atoms with Gasteiger partial charge in [0.25, 0.3) is 5.91 Å². The van der Waals surface area contributed by atoms with Gasteiger partial charge in [0.05, 0.1) is 13.2 Å². The fourth-order valence-corrected chi connectivity index (χ4v) is 1.34. The summed E-state index contributed by atoms with van der Waals surface area (Å²) in [5.74, 6) is -1.42. The summed E-state index contributed by atoms with van der Waals surface area (Å²) in [5, 5.41) is 10.8. The molecule has 0 spiro atoms. The summed E-state index contributed by atoms with van der Waals surface area (Å²) in [7, 11) is 0. The molecule has 0 unspecified atom stereocenters. The van der Waals surface area contributed by atoms with Gasteiger partial charge in [0.15, 0.2) is 0 Å². The van der Waals surface area contributed by atoms with Crippen LogP contribution in [0.4, 0.5) is 4.79 Å². The van der Waals surface area contributed by atoms with Crippen LogP contribution < -0.4 is 5.32 Å². The summed E-state index contributed by atoms with van der Waals surface area (Å²) in [4.78, 5) is 34.1. The summed E-state index contributed by atoms with van der Waals surface area (Å²) >= 11 is 0. The zero-order valence-electron chi connectivity index (χ0n) is 9.15. The molecule has 1 saturated heterocycles. The number of aliphatic carboxylic acids is 1. The van der Waals surface area contributed by atoms with Crippen molar-refractivity contribution in [2.45, 2.75) is 19.4 Å². The lowest BCUT2D eigenvalue weighted by Gasteiger charge is -2.15. The standard InChI is InChI=1S/C9H14N2O5/c1-9(2)7(14)11(8(15)10-9)3-4-16-5-6(12)13/h3-5H2,1-2H3,(H,10,15)(H,12,13). The zero-order valence-corrected chi connectivity index (χ0v) is 9.15. The smallest absolute Gasteiger partial charge is 0.329 e. The van der Waals surface area contributed by atoms with Crippen LogP contribution in [0.5, 0.6) is 0 Å². The maximum absolute atomic E-state index is 11.6. The average molecular weight is 230 g/mol. The molecule has 1 heterocycles. The number of carbonyl (C=O) groups excluding carboxylic acids is 2. The summed E-state index contributed by atoms with van der Waals surface area (Å²) in [6.45, 7) is 2.84. The van der Waals surface area contributed by atoms with E-state index in [9.17, 15) is 14.4 Å². The summed E-state index contributed by atoms with van der Waals surface area (Å²) in [6.07, 6.45) is 0. The highest BCUT2D eigenvalue weighted by molar-refractivity contribution is 6.06. The number of imide groups is 1. The van der Waals surface area contributed by atoms with Gasteiger partial charge in [-0.2, -0.15) is 0 Å². The first-order valence-corrected chi connectivity index (χ1v) is 4.78. The molecule has 7 heteroatoms. The fraction of sp³-hybridized carbons (Fsp3) is 0.667. The van der Waals surface area contributed by atoms with Crippen molar-refractivity contribution in [1.29, 1.82) is 0 Å². The highest BCUT2D eigenvalue weighted by Crippen LogP contribution is 2.15. The summed E-state index contributed by atoms with van der Waals surface area (Å²) < 4.78 is 4.75. The highest BCUT2D eigenvalue weighted by atomic mass is 16.5. The van der Waals surface area contributed by atoms with Crippen LogP contribution in [0.15, 0.2) is 0 Å². The molecule has 0 atom stereocenters. The summed E-state index contributed by atoms with van der Waals surface area (Å²) in [6, 6.07) is -0.478. The Kier molecular flexibility index (Phi) is 3.48. The Bertz CT molecular complexity index is 326. The number of rotatable bonds is 5. The third-order valence-corrected chi connectivity index (χ3v) is 2.13. The lowest BCUT2D eigenvalue weighted by atomic mass is 10.1. The third-order valence-electron chi connectivity index (χ3n) is 2.13. The van der Waals surface area contributed by atoms with Gasteiger partial charge in [-0.25, -0.2) is 9.59 Å². The van der Waals surface area contributed by atoms with E-state index >= 15 is 0 Å². The van der Waals surface area contributed by atoms with Gasteiger partial charge in [0, 0.05) is 0 Å². The Labute approximate surface area is 92.4 Å². The van der Waals surface area contributed by atoms with Crippen molar-refractivity contribution in [3.63, 3.8) is 0 Å². The first kappa shape index (κ1) is 12.4. The van der Waals surface area contributed by atoms with Crippen LogP contribution in [0.3, 0.4) is 0 Å². The van der Waals surface area contributed by atoms with Crippen LogP contribution in [-0.2, 0) is 14.3 Å². The molecule has 0 aromatic carbocycles. The second kappa shape index (κ2) is 4.48. The number of carboxylic acids is 1. The van der Waals surface area contributed by atoms with E-state index in [1.807, 2.05) is 0 Å². The maximum Gasteiger partial charge on any atom is 0.329 e. The Balaban J connectivity index is 2.41. The molecule has 0 aromatic rings. The first-order chi connectivity index (χ1) is 7.34. The van der Waals surface area contributed by atoms with E-state index in [1.54, 1.807) is 13.8 Å². The van der Waals surface area contributed by atoms with Crippen molar-refractivity contribution < 1.29 is 24.2 Å². The van der Waals surface area contributed by atoms with Crippen molar-refractivity contribution in [3.8, 4) is 0 Å². The van der Waals surface area contributed by atoms with Crippen LogP contribution in [0.2, 0.25) is 0 Å². The van der Waals surface area contributed by atoms with Crippen molar-refractivity contribution in [2.24, 2.45) is 0 Å². The van der Waals surface area contributed by atoms with Crippen LogP contribution in [0.1, 0.15) is 13.8 Å². The number of urea groups is 1. The largest absolute Gasteiger partial charge is 0.480 e. The van der Waals surface area contributed by atoms with E-state index in [-0.39, 0.29) is 19.1 Å². The number of hydrogen-bond acceptors (Lipinski definition) is 4. The molecule has 7 nitrogen and oxygen atoms in total. The van der Waals surface area contributed by atoms with Crippen molar-refractivity contribution in [2.75, 3.05) is 19.8 Å². The molecule has 1 fully saturated rings. The molecule has 1 aliphatic heterocycles. The molecule has 1 rings (SSSR count). The fourth-order valence-electron chi connectivity index (χ4n) is 1.34. The number of nitrogens with one attached hydrogen (secondary N) is 1. The van der Waals surface area contributed by atoms with E-state index in [0.717, 1.165) is 4.90 Å². The Hall–Kier alpha value is -1.63. The summed E-state index contributed by atoms with van der Waals surface area (Å²) in [5.41, 5.74) is -0.899. The van der Waals surface area contributed by atoms with Crippen LogP contribution in [0.25, 0.3) is 0 Å². The quantitative estimate of drug-likeness (QED) is 0.486. The zero-order chi connectivity index (χ0) is 12.3. The molecule has 0 radical (unpaired) electrons. The number of amides is 3. The molecule has 0 aliphatic carbocycles. The van der Waals surface area contributed by atoms with Gasteiger partial charge in [-0.15, -0.1) is 0 Å². The molecular weight excluding hydrogens is 216 g/mol. The molecule has 3 amide bonds. The Morgan fingerprint density at radius 3 is 2.56 bits per heavy atom. The van der Waals surface area contributed by atoms with Crippen molar-refractivity contribution in [1.82, 2.24) is 10.2 Å². The maximum atomic E-state index is 11.6. The highest BCUT2D eigenvalue weighted by Gasteiger charge is 2.43. The number of nitrogens with zero attached hydrogens (tertiary/aromatic N) is 1. The van der Waals surface area contributed by atoms with Crippen LogP contribution in [0, 0.1) is 0 Å². The SMILES string of the molecule is CC1(C)NC(=O)N(CCOCC(=O)O)C1=O. The molecular formula is C9H14N2O5. The molecule has 0 saturated carbocycles. The van der Waals surface area contributed by atoms with E-state index in [2.05, 4.69) is 5.32 Å². The molecule has 0 aromatic heterocycles. The van der Waals surface area contributed by atoms with Crippen LogP contribution in [-0.4, -0.2) is 53.2 Å². The number of ether oxygens (including phenoxy) is 1.